The highest BCUT2D eigenvalue weighted by Crippen LogP contribution is 2.33. The monoisotopic (exact) mass is 501 g/mol. The number of piperidine rings is 1. The number of nitriles is 1. The van der Waals surface area contributed by atoms with Crippen molar-refractivity contribution in [2.24, 2.45) is 7.05 Å². The number of fused-ring (bicyclic) bond motifs is 1. The molecule has 1 aliphatic rings. The average molecular weight is 502 g/mol. The lowest BCUT2D eigenvalue weighted by Gasteiger charge is -2.35. The van der Waals surface area contributed by atoms with E-state index in [0.717, 1.165) is 16.5 Å². The number of alkyl halides is 3. The first-order valence-electron chi connectivity index (χ1n) is 11.5. The maximum atomic E-state index is 13.0. The molecular weight excluding hydrogens is 475 g/mol. The summed E-state index contributed by atoms with van der Waals surface area (Å²) in [5, 5.41) is 10.6. The molecule has 0 amide bonds. The minimum atomic E-state index is -4.78. The maximum Gasteiger partial charge on any atom is 0.573 e. The molecule has 0 saturated carbocycles. The Morgan fingerprint density at radius 2 is 1.83 bits per heavy atom. The van der Waals surface area contributed by atoms with E-state index in [1.165, 1.54) is 22.8 Å². The minimum Gasteiger partial charge on any atom is -0.490 e. The highest BCUT2D eigenvalue weighted by Gasteiger charge is 2.31. The number of nitrogens with zero attached hydrogens (tertiary/aromatic N) is 3. The van der Waals surface area contributed by atoms with E-state index in [4.69, 9.17) is 9.47 Å². The third-order valence-corrected chi connectivity index (χ3v) is 6.24. The van der Waals surface area contributed by atoms with E-state index in [2.05, 4.69) is 10.8 Å². The minimum absolute atomic E-state index is 0.0889. The lowest BCUT2D eigenvalue weighted by atomic mass is 10.0. The molecule has 0 unspecified atom stereocenters. The molecule has 10 heteroatoms. The molecule has 0 atom stereocenters. The summed E-state index contributed by atoms with van der Waals surface area (Å²) in [7, 11) is 3.29. The first kappa shape index (κ1) is 25.4. The molecule has 0 spiro atoms. The van der Waals surface area contributed by atoms with E-state index >= 15 is 0 Å². The first-order valence-corrected chi connectivity index (χ1v) is 11.5. The number of methoxy groups -OCH3 is 1. The lowest BCUT2D eigenvalue weighted by molar-refractivity contribution is -0.274. The van der Waals surface area contributed by atoms with Gasteiger partial charge in [0, 0.05) is 51.5 Å². The fraction of sp³-hybridized carbons (Fsp3) is 0.385. The molecule has 190 valence electrons. The highest BCUT2D eigenvalue weighted by atomic mass is 19.4. The smallest absolute Gasteiger partial charge is 0.490 e. The van der Waals surface area contributed by atoms with Crippen LogP contribution in [0.5, 0.6) is 11.5 Å². The van der Waals surface area contributed by atoms with Gasteiger partial charge in [-0.05, 0) is 30.2 Å². The van der Waals surface area contributed by atoms with Crippen molar-refractivity contribution in [1.82, 2.24) is 4.57 Å². The van der Waals surface area contributed by atoms with Crippen LogP contribution in [0.4, 0.5) is 18.9 Å². The summed E-state index contributed by atoms with van der Waals surface area (Å²) in [6, 6.07) is 13.4. The first-order chi connectivity index (χ1) is 17.2. The van der Waals surface area contributed by atoms with Crippen molar-refractivity contribution >= 4 is 16.6 Å². The Balaban J connectivity index is 1.55. The van der Waals surface area contributed by atoms with Crippen LogP contribution in [0.2, 0.25) is 0 Å². The Morgan fingerprint density at radius 3 is 2.50 bits per heavy atom. The van der Waals surface area contributed by atoms with Crippen molar-refractivity contribution in [2.75, 3.05) is 31.7 Å². The Kier molecular flexibility index (Phi) is 7.40. The molecule has 1 saturated heterocycles. The molecule has 1 fully saturated rings. The molecule has 0 radical (unpaired) electrons. The number of aryl methyl sites for hydroxylation is 1. The summed E-state index contributed by atoms with van der Waals surface area (Å²) in [5.74, 6) is -0.0527. The number of benzene rings is 2. The fourth-order valence-electron chi connectivity index (χ4n) is 4.51. The number of pyridine rings is 1. The van der Waals surface area contributed by atoms with Crippen LogP contribution in [0.1, 0.15) is 24.0 Å². The van der Waals surface area contributed by atoms with Gasteiger partial charge in [-0.2, -0.15) is 5.26 Å². The van der Waals surface area contributed by atoms with E-state index in [0.29, 0.717) is 44.6 Å². The van der Waals surface area contributed by atoms with Gasteiger partial charge in [-0.25, -0.2) is 0 Å². The molecule has 0 aliphatic carbocycles. The molecule has 36 heavy (non-hydrogen) atoms. The van der Waals surface area contributed by atoms with Gasteiger partial charge in [0.15, 0.2) is 0 Å². The SMILES string of the molecule is COCCc1ccc2c(N3CCC(Oc4cccc(OC(F)(F)F)c4)CC3)c(C#N)c(=O)n(C)c2c1. The number of hydrogen-bond donors (Lipinski definition) is 0. The maximum absolute atomic E-state index is 13.0. The summed E-state index contributed by atoms with van der Waals surface area (Å²) in [6.07, 6.45) is -3.17. The molecule has 0 bridgehead atoms. The van der Waals surface area contributed by atoms with Gasteiger partial charge in [0.1, 0.15) is 29.2 Å². The Labute approximate surface area is 206 Å². The molecule has 4 rings (SSSR count). The van der Waals surface area contributed by atoms with Crippen molar-refractivity contribution in [3.05, 3.63) is 63.9 Å². The van der Waals surface area contributed by atoms with Gasteiger partial charge in [0.2, 0.25) is 0 Å². The molecule has 1 aliphatic heterocycles. The second kappa shape index (κ2) is 10.5. The van der Waals surface area contributed by atoms with Crippen LogP contribution >= 0.6 is 0 Å². The van der Waals surface area contributed by atoms with Crippen molar-refractivity contribution in [3.8, 4) is 17.6 Å². The summed E-state index contributed by atoms with van der Waals surface area (Å²) < 4.78 is 54.1. The van der Waals surface area contributed by atoms with Crippen LogP contribution in [0.25, 0.3) is 10.9 Å². The van der Waals surface area contributed by atoms with Crippen molar-refractivity contribution in [1.29, 1.82) is 5.26 Å². The summed E-state index contributed by atoms with van der Waals surface area (Å²) in [5.41, 5.74) is 2.10. The van der Waals surface area contributed by atoms with Gasteiger partial charge >= 0.3 is 6.36 Å². The normalized spacial score (nSPS) is 14.6. The average Bonchev–Trinajstić information content (AvgIpc) is 2.84. The van der Waals surface area contributed by atoms with Gasteiger partial charge < -0.3 is 23.7 Å². The van der Waals surface area contributed by atoms with E-state index < -0.39 is 6.36 Å². The molecule has 0 N–H and O–H groups in total. The van der Waals surface area contributed by atoms with Crippen molar-refractivity contribution in [3.63, 3.8) is 0 Å². The van der Waals surface area contributed by atoms with Crippen molar-refractivity contribution in [2.45, 2.75) is 31.7 Å². The third-order valence-electron chi connectivity index (χ3n) is 6.24. The molecule has 1 aromatic heterocycles. The van der Waals surface area contributed by atoms with E-state index in [1.807, 2.05) is 23.1 Å². The Hall–Kier alpha value is -3.71. The van der Waals surface area contributed by atoms with Gasteiger partial charge in [-0.1, -0.05) is 18.2 Å². The Morgan fingerprint density at radius 1 is 1.11 bits per heavy atom. The predicted molar refractivity (Wildman–Crippen MR) is 128 cm³/mol. The largest absolute Gasteiger partial charge is 0.573 e. The molecule has 2 aromatic carbocycles. The van der Waals surface area contributed by atoms with Gasteiger partial charge in [-0.3, -0.25) is 4.79 Å². The molecule has 3 aromatic rings. The number of rotatable bonds is 7. The fourth-order valence-corrected chi connectivity index (χ4v) is 4.51. The third kappa shape index (κ3) is 5.57. The van der Waals surface area contributed by atoms with E-state index in [9.17, 15) is 23.2 Å². The van der Waals surface area contributed by atoms with Crippen LogP contribution in [-0.4, -0.2) is 43.8 Å². The van der Waals surface area contributed by atoms with Crippen LogP contribution in [0, 0.1) is 11.3 Å². The highest BCUT2D eigenvalue weighted by molar-refractivity contribution is 5.95. The number of anilines is 1. The van der Waals surface area contributed by atoms with Crippen LogP contribution in [0.3, 0.4) is 0 Å². The topological polar surface area (TPSA) is 76.7 Å². The predicted octanol–water partition coefficient (Wildman–Crippen LogP) is 4.55. The number of aromatic nitrogens is 1. The second-order valence-electron chi connectivity index (χ2n) is 8.62. The molecular formula is C26H26F3N3O4. The summed E-state index contributed by atoms with van der Waals surface area (Å²) >= 11 is 0. The summed E-state index contributed by atoms with van der Waals surface area (Å²) in [6.45, 7) is 1.60. The van der Waals surface area contributed by atoms with E-state index in [1.54, 1.807) is 20.2 Å². The standard InChI is InChI=1S/C26H26F3N3O4/c1-31-23-14-17(10-13-34-2)6-7-21(23)24(22(16-30)25(31)33)32-11-8-18(9-12-32)35-19-4-3-5-20(15-19)36-26(27,28)29/h3-7,14-15,18H,8-13H2,1-2H3. The lowest BCUT2D eigenvalue weighted by Crippen LogP contribution is -2.40. The van der Waals surface area contributed by atoms with Crippen LogP contribution in [0.15, 0.2) is 47.3 Å². The van der Waals surface area contributed by atoms with E-state index in [-0.39, 0.29) is 28.7 Å². The van der Waals surface area contributed by atoms with Crippen molar-refractivity contribution < 1.29 is 27.4 Å². The summed E-state index contributed by atoms with van der Waals surface area (Å²) in [4.78, 5) is 15.0. The molecule has 2 heterocycles. The zero-order valence-corrected chi connectivity index (χ0v) is 20.0. The number of halogens is 3. The zero-order chi connectivity index (χ0) is 25.9. The van der Waals surface area contributed by atoms with Crippen LogP contribution in [-0.2, 0) is 18.2 Å². The number of ether oxygens (including phenoxy) is 3. The van der Waals surface area contributed by atoms with Crippen LogP contribution < -0.4 is 19.9 Å². The quantitative estimate of drug-likeness (QED) is 0.473. The van der Waals surface area contributed by atoms with Gasteiger partial charge in [0.05, 0.1) is 17.8 Å². The van der Waals surface area contributed by atoms with Gasteiger partial charge in [0.25, 0.3) is 5.56 Å². The second-order valence-corrected chi connectivity index (χ2v) is 8.62. The number of hydrogen-bond acceptors (Lipinski definition) is 6. The van der Waals surface area contributed by atoms with Gasteiger partial charge in [-0.15, -0.1) is 13.2 Å². The Bertz CT molecular complexity index is 1340. The zero-order valence-electron chi connectivity index (χ0n) is 20.0. The molecule has 7 nitrogen and oxygen atoms in total.